The lowest BCUT2D eigenvalue weighted by Crippen LogP contribution is -2.45. The second-order valence-electron chi connectivity index (χ2n) is 5.55. The summed E-state index contributed by atoms with van der Waals surface area (Å²) < 4.78 is 12.8. The van der Waals surface area contributed by atoms with Crippen molar-refractivity contribution in [2.24, 2.45) is 11.3 Å². The van der Waals surface area contributed by atoms with Crippen molar-refractivity contribution in [1.82, 2.24) is 10.6 Å². The average Bonchev–Trinajstić information content (AvgIpc) is 2.88. The number of hydrogen-bond donors (Lipinski definition) is 2. The van der Waals surface area contributed by atoms with Crippen LogP contribution in [0.3, 0.4) is 0 Å². The first-order chi connectivity index (χ1) is 9.04. The van der Waals surface area contributed by atoms with Gasteiger partial charge in [-0.05, 0) is 36.6 Å². The highest BCUT2D eigenvalue weighted by molar-refractivity contribution is 5.83. The van der Waals surface area contributed by atoms with E-state index in [0.29, 0.717) is 12.5 Å². The van der Waals surface area contributed by atoms with Crippen LogP contribution in [0.4, 0.5) is 4.39 Å². The third kappa shape index (κ3) is 2.95. The van der Waals surface area contributed by atoms with Crippen molar-refractivity contribution in [1.29, 1.82) is 0 Å². The zero-order valence-corrected chi connectivity index (χ0v) is 11.5. The maximum atomic E-state index is 12.8. The molecule has 0 bridgehead atoms. The number of halogens is 1. The van der Waals surface area contributed by atoms with Crippen LogP contribution in [0.1, 0.15) is 25.8 Å². The SMILES string of the molecule is CC(C)C1(C(=O)NCc2ccc(F)cc2)CCNC1. The van der Waals surface area contributed by atoms with Crippen molar-refractivity contribution in [3.63, 3.8) is 0 Å². The summed E-state index contributed by atoms with van der Waals surface area (Å²) >= 11 is 0. The van der Waals surface area contributed by atoms with Crippen LogP contribution in [0.15, 0.2) is 24.3 Å². The summed E-state index contributed by atoms with van der Waals surface area (Å²) in [4.78, 5) is 12.4. The van der Waals surface area contributed by atoms with Crippen LogP contribution >= 0.6 is 0 Å². The van der Waals surface area contributed by atoms with Crippen LogP contribution < -0.4 is 10.6 Å². The molecule has 0 saturated carbocycles. The molecule has 19 heavy (non-hydrogen) atoms. The monoisotopic (exact) mass is 264 g/mol. The molecule has 0 radical (unpaired) electrons. The highest BCUT2D eigenvalue weighted by Gasteiger charge is 2.43. The van der Waals surface area contributed by atoms with E-state index in [-0.39, 0.29) is 17.1 Å². The van der Waals surface area contributed by atoms with Gasteiger partial charge in [0.1, 0.15) is 5.82 Å². The first-order valence-corrected chi connectivity index (χ1v) is 6.78. The first kappa shape index (κ1) is 14.0. The van der Waals surface area contributed by atoms with E-state index in [4.69, 9.17) is 0 Å². The summed E-state index contributed by atoms with van der Waals surface area (Å²) in [6.07, 6.45) is 0.875. The van der Waals surface area contributed by atoms with Gasteiger partial charge in [-0.25, -0.2) is 4.39 Å². The van der Waals surface area contributed by atoms with E-state index in [9.17, 15) is 9.18 Å². The smallest absolute Gasteiger partial charge is 0.228 e. The molecule has 1 unspecified atom stereocenters. The normalized spacial score (nSPS) is 22.7. The van der Waals surface area contributed by atoms with Gasteiger partial charge in [-0.15, -0.1) is 0 Å². The molecule has 1 fully saturated rings. The molecule has 4 heteroatoms. The number of carbonyl (C=O) groups is 1. The van der Waals surface area contributed by atoms with Gasteiger partial charge < -0.3 is 10.6 Å². The van der Waals surface area contributed by atoms with Gasteiger partial charge in [-0.1, -0.05) is 26.0 Å². The largest absolute Gasteiger partial charge is 0.351 e. The van der Waals surface area contributed by atoms with Crippen molar-refractivity contribution < 1.29 is 9.18 Å². The molecule has 104 valence electrons. The summed E-state index contributed by atoms with van der Waals surface area (Å²) in [5.74, 6) is 0.140. The lowest BCUT2D eigenvalue weighted by atomic mass is 9.75. The van der Waals surface area contributed by atoms with Gasteiger partial charge in [0, 0.05) is 13.1 Å². The summed E-state index contributed by atoms with van der Waals surface area (Å²) in [6.45, 7) is 6.25. The maximum absolute atomic E-state index is 12.8. The second kappa shape index (κ2) is 5.70. The Balaban J connectivity index is 1.98. The quantitative estimate of drug-likeness (QED) is 0.874. The molecular weight excluding hydrogens is 243 g/mol. The Hall–Kier alpha value is -1.42. The minimum Gasteiger partial charge on any atom is -0.351 e. The molecule has 2 rings (SSSR count). The van der Waals surface area contributed by atoms with Crippen LogP contribution in [0.5, 0.6) is 0 Å². The number of hydrogen-bond acceptors (Lipinski definition) is 2. The molecule has 1 aromatic carbocycles. The topological polar surface area (TPSA) is 41.1 Å². The van der Waals surface area contributed by atoms with E-state index in [1.807, 2.05) is 0 Å². The van der Waals surface area contributed by atoms with Gasteiger partial charge in [0.05, 0.1) is 5.41 Å². The van der Waals surface area contributed by atoms with Gasteiger partial charge in [-0.3, -0.25) is 4.79 Å². The maximum Gasteiger partial charge on any atom is 0.228 e. The Morgan fingerprint density at radius 2 is 2.11 bits per heavy atom. The molecule has 0 aliphatic carbocycles. The Kier molecular flexibility index (Phi) is 4.20. The molecule has 0 aromatic heterocycles. The van der Waals surface area contributed by atoms with E-state index >= 15 is 0 Å². The molecule has 0 spiro atoms. The molecule has 1 heterocycles. The fourth-order valence-electron chi connectivity index (χ4n) is 2.62. The Bertz CT molecular complexity index is 436. The van der Waals surface area contributed by atoms with Gasteiger partial charge in [0.25, 0.3) is 0 Å². The van der Waals surface area contributed by atoms with Gasteiger partial charge in [0.2, 0.25) is 5.91 Å². The number of carbonyl (C=O) groups excluding carboxylic acids is 1. The van der Waals surface area contributed by atoms with E-state index < -0.39 is 0 Å². The predicted octanol–water partition coefficient (Wildman–Crippen LogP) is 2.08. The third-order valence-corrected chi connectivity index (χ3v) is 4.11. The molecule has 1 atom stereocenters. The third-order valence-electron chi connectivity index (χ3n) is 4.11. The van der Waals surface area contributed by atoms with Crippen molar-refractivity contribution in [2.45, 2.75) is 26.8 Å². The zero-order chi connectivity index (χ0) is 13.9. The summed E-state index contributed by atoms with van der Waals surface area (Å²) in [7, 11) is 0. The van der Waals surface area contributed by atoms with Gasteiger partial charge in [0.15, 0.2) is 0 Å². The lowest BCUT2D eigenvalue weighted by molar-refractivity contribution is -0.132. The Morgan fingerprint density at radius 3 is 2.63 bits per heavy atom. The second-order valence-corrected chi connectivity index (χ2v) is 5.55. The molecule has 2 N–H and O–H groups in total. The summed E-state index contributed by atoms with van der Waals surface area (Å²) in [6, 6.07) is 6.22. The number of rotatable bonds is 4. The number of benzene rings is 1. The Morgan fingerprint density at radius 1 is 1.42 bits per heavy atom. The van der Waals surface area contributed by atoms with Crippen LogP contribution in [0.2, 0.25) is 0 Å². The number of nitrogens with one attached hydrogen (secondary N) is 2. The van der Waals surface area contributed by atoms with E-state index in [0.717, 1.165) is 25.1 Å². The van der Waals surface area contributed by atoms with Gasteiger partial charge >= 0.3 is 0 Å². The van der Waals surface area contributed by atoms with Gasteiger partial charge in [-0.2, -0.15) is 0 Å². The van der Waals surface area contributed by atoms with Crippen molar-refractivity contribution in [3.05, 3.63) is 35.6 Å². The van der Waals surface area contributed by atoms with Crippen LogP contribution in [0.25, 0.3) is 0 Å². The summed E-state index contributed by atoms with van der Waals surface area (Å²) in [5, 5.41) is 6.25. The molecule has 1 aromatic rings. The first-order valence-electron chi connectivity index (χ1n) is 6.78. The molecule has 1 amide bonds. The highest BCUT2D eigenvalue weighted by atomic mass is 19.1. The molecular formula is C15H21FN2O. The highest BCUT2D eigenvalue weighted by Crippen LogP contribution is 2.34. The van der Waals surface area contributed by atoms with Crippen LogP contribution in [-0.4, -0.2) is 19.0 Å². The average molecular weight is 264 g/mol. The van der Waals surface area contributed by atoms with Crippen molar-refractivity contribution in [3.8, 4) is 0 Å². The fourth-order valence-corrected chi connectivity index (χ4v) is 2.62. The van der Waals surface area contributed by atoms with Crippen molar-refractivity contribution >= 4 is 5.91 Å². The minimum absolute atomic E-state index is 0.0943. The standard InChI is InChI=1S/C15H21FN2O/c1-11(2)15(7-8-17-10-15)14(19)18-9-12-3-5-13(16)6-4-12/h3-6,11,17H,7-10H2,1-2H3,(H,18,19). The van der Waals surface area contributed by atoms with E-state index in [2.05, 4.69) is 24.5 Å². The molecule has 1 saturated heterocycles. The molecule has 3 nitrogen and oxygen atoms in total. The fraction of sp³-hybridized carbons (Fsp3) is 0.533. The molecule has 1 aliphatic heterocycles. The van der Waals surface area contributed by atoms with E-state index in [1.165, 1.54) is 12.1 Å². The molecule has 1 aliphatic rings. The van der Waals surface area contributed by atoms with E-state index in [1.54, 1.807) is 12.1 Å². The Labute approximate surface area is 113 Å². The zero-order valence-electron chi connectivity index (χ0n) is 11.5. The lowest BCUT2D eigenvalue weighted by Gasteiger charge is -2.31. The minimum atomic E-state index is -0.306. The van der Waals surface area contributed by atoms with Crippen LogP contribution in [0, 0.1) is 17.2 Å². The van der Waals surface area contributed by atoms with Crippen LogP contribution in [-0.2, 0) is 11.3 Å². The number of amides is 1. The van der Waals surface area contributed by atoms with Crippen molar-refractivity contribution in [2.75, 3.05) is 13.1 Å². The predicted molar refractivity (Wildman–Crippen MR) is 73.0 cm³/mol. The summed E-state index contributed by atoms with van der Waals surface area (Å²) in [5.41, 5.74) is 0.611.